The maximum Gasteiger partial charge on any atom is 0.352 e. The van der Waals surface area contributed by atoms with E-state index in [0.717, 1.165) is 22.2 Å². The highest BCUT2D eigenvalue weighted by Gasteiger charge is 2.37. The van der Waals surface area contributed by atoms with E-state index in [1.807, 2.05) is 19.2 Å². The van der Waals surface area contributed by atoms with Gasteiger partial charge in [-0.15, -0.1) is 0 Å². The summed E-state index contributed by atoms with van der Waals surface area (Å²) < 4.78 is 17.2. The van der Waals surface area contributed by atoms with Crippen molar-refractivity contribution in [2.45, 2.75) is 26.2 Å². The molecule has 0 spiro atoms. The molecular formula is C24H24N4O6. The van der Waals surface area contributed by atoms with Crippen LogP contribution in [0.25, 0.3) is 22.3 Å². The van der Waals surface area contributed by atoms with E-state index in [9.17, 15) is 14.4 Å². The summed E-state index contributed by atoms with van der Waals surface area (Å²) in [6.45, 7) is 2.47. The smallest absolute Gasteiger partial charge is 0.352 e. The lowest BCUT2D eigenvalue weighted by atomic mass is 9.99. The molecule has 10 heteroatoms. The fourth-order valence-electron chi connectivity index (χ4n) is 4.66. The number of likely N-dealkylation sites (N-methyl/N-ethyl adjacent to an activating group) is 1. The Bertz CT molecular complexity index is 1410. The Morgan fingerprint density at radius 3 is 2.82 bits per heavy atom. The molecule has 2 N–H and O–H groups in total. The lowest BCUT2D eigenvalue weighted by Gasteiger charge is -2.24. The largest absolute Gasteiger partial charge is 0.458 e. The predicted molar refractivity (Wildman–Crippen MR) is 124 cm³/mol. The molecule has 34 heavy (non-hydrogen) atoms. The summed E-state index contributed by atoms with van der Waals surface area (Å²) >= 11 is 0. The van der Waals surface area contributed by atoms with E-state index in [-0.39, 0.29) is 12.2 Å². The third-order valence-corrected chi connectivity index (χ3v) is 6.22. The minimum Gasteiger partial charge on any atom is -0.458 e. The van der Waals surface area contributed by atoms with Crippen molar-refractivity contribution in [3.05, 3.63) is 51.3 Å². The zero-order valence-electron chi connectivity index (χ0n) is 19.1. The van der Waals surface area contributed by atoms with Gasteiger partial charge in [0, 0.05) is 49.8 Å². The molecule has 0 radical (unpaired) electrons. The summed E-state index contributed by atoms with van der Waals surface area (Å²) in [6.07, 6.45) is -1.28. The van der Waals surface area contributed by atoms with Gasteiger partial charge in [-0.3, -0.25) is 9.59 Å². The van der Waals surface area contributed by atoms with Gasteiger partial charge in [-0.2, -0.15) is 0 Å². The molecule has 0 aliphatic carbocycles. The van der Waals surface area contributed by atoms with Gasteiger partial charge in [0.05, 0.1) is 41.3 Å². The van der Waals surface area contributed by atoms with Crippen LogP contribution in [0.15, 0.2) is 29.1 Å². The molecule has 2 aliphatic rings. The molecule has 2 aliphatic heterocycles. The maximum atomic E-state index is 13.5. The number of pyridine rings is 2. The molecule has 0 unspecified atom stereocenters. The van der Waals surface area contributed by atoms with Gasteiger partial charge in [0.15, 0.2) is 0 Å². The van der Waals surface area contributed by atoms with Gasteiger partial charge in [-0.1, -0.05) is 0 Å². The monoisotopic (exact) mass is 464 g/mol. The number of fused-ring (bicyclic) bond motifs is 5. The van der Waals surface area contributed by atoms with Crippen LogP contribution in [0.5, 0.6) is 0 Å². The van der Waals surface area contributed by atoms with Crippen molar-refractivity contribution in [2.24, 2.45) is 0 Å². The lowest BCUT2D eigenvalue weighted by Crippen LogP contribution is -2.34. The second-order valence-electron chi connectivity index (χ2n) is 8.43. The number of aromatic nitrogens is 2. The molecule has 1 atom stereocenters. The molecule has 10 nitrogen and oxygen atoms in total. The van der Waals surface area contributed by atoms with Crippen LogP contribution in [0.3, 0.4) is 0 Å². The minimum atomic E-state index is -1.28. The van der Waals surface area contributed by atoms with Gasteiger partial charge < -0.3 is 29.4 Å². The number of hydrogen-bond acceptors (Lipinski definition) is 9. The number of nitrogens with two attached hydrogens (primary N) is 1. The average molecular weight is 464 g/mol. The standard InChI is InChI=1S/C24H24N4O6/c1-12(29)34-22-14-9-19-20-16(10-28(19)23(30)17(14)11-33-24(22)31)21(27(2)6-7-32-3)15-8-13(25)4-5-18(15)26-20/h4-5,8-9,22H,6-7,10-11,25H2,1-3H3/t22-/m0/s1. The second kappa shape index (κ2) is 8.14. The Morgan fingerprint density at radius 2 is 2.09 bits per heavy atom. The SMILES string of the molecule is COCCN(C)c1c2c(nc3ccc(N)cc13)-c1cc3c(c(=O)n1C2)COC(=O)[C@H]3OC(C)=O. The number of nitrogens with zero attached hydrogens (tertiary/aromatic N) is 3. The van der Waals surface area contributed by atoms with Crippen LogP contribution in [-0.4, -0.2) is 48.8 Å². The first-order valence-electron chi connectivity index (χ1n) is 10.8. The van der Waals surface area contributed by atoms with Crippen molar-refractivity contribution in [3.8, 4) is 11.4 Å². The van der Waals surface area contributed by atoms with E-state index in [2.05, 4.69) is 4.90 Å². The summed E-state index contributed by atoms with van der Waals surface area (Å²) in [5.74, 6) is -1.34. The Hall–Kier alpha value is -3.92. The number of carbonyl (C=O) groups excluding carboxylic acids is 2. The predicted octanol–water partition coefficient (Wildman–Crippen LogP) is 1.75. The highest BCUT2D eigenvalue weighted by molar-refractivity contribution is 5.99. The van der Waals surface area contributed by atoms with Crippen LogP contribution in [0.2, 0.25) is 0 Å². The summed E-state index contributed by atoms with van der Waals surface area (Å²) in [7, 11) is 3.60. The third kappa shape index (κ3) is 3.38. The normalized spacial score (nSPS) is 16.0. The first-order valence-corrected chi connectivity index (χ1v) is 10.8. The van der Waals surface area contributed by atoms with Crippen molar-refractivity contribution < 1.29 is 23.8 Å². The number of rotatable bonds is 5. The number of ether oxygens (including phenoxy) is 3. The van der Waals surface area contributed by atoms with E-state index >= 15 is 0 Å². The first-order chi connectivity index (χ1) is 16.3. The van der Waals surface area contributed by atoms with Crippen LogP contribution in [0.4, 0.5) is 11.4 Å². The lowest BCUT2D eigenvalue weighted by molar-refractivity contribution is -0.170. The van der Waals surface area contributed by atoms with Crippen LogP contribution in [0.1, 0.15) is 29.7 Å². The van der Waals surface area contributed by atoms with Gasteiger partial charge in [0.1, 0.15) is 6.61 Å². The van der Waals surface area contributed by atoms with Crippen LogP contribution in [-0.2, 0) is 37.0 Å². The number of anilines is 2. The number of carbonyl (C=O) groups is 2. The summed E-state index contributed by atoms with van der Waals surface area (Å²) in [4.78, 5) is 44.3. The van der Waals surface area contributed by atoms with Gasteiger partial charge in [-0.25, -0.2) is 9.78 Å². The highest BCUT2D eigenvalue weighted by Crippen LogP contribution is 2.42. The molecule has 2 aromatic heterocycles. The van der Waals surface area contributed by atoms with E-state index < -0.39 is 18.0 Å². The van der Waals surface area contributed by atoms with Gasteiger partial charge in [0.25, 0.3) is 5.56 Å². The Labute approximate surface area is 194 Å². The van der Waals surface area contributed by atoms with Crippen LogP contribution in [0, 0.1) is 0 Å². The summed E-state index contributed by atoms with van der Waals surface area (Å²) in [6, 6.07) is 7.21. The summed E-state index contributed by atoms with van der Waals surface area (Å²) in [5.41, 5.74) is 10.7. The molecular weight excluding hydrogens is 440 g/mol. The van der Waals surface area contributed by atoms with E-state index in [1.165, 1.54) is 6.92 Å². The molecule has 0 saturated carbocycles. The fraction of sp³-hybridized carbons (Fsp3) is 0.333. The number of cyclic esters (lactones) is 1. The number of methoxy groups -OCH3 is 1. The Balaban J connectivity index is 1.75. The Morgan fingerprint density at radius 1 is 1.29 bits per heavy atom. The molecule has 176 valence electrons. The van der Waals surface area contributed by atoms with Crippen LogP contribution < -0.4 is 16.2 Å². The molecule has 0 amide bonds. The Kier molecular flexibility index (Phi) is 5.24. The van der Waals surface area contributed by atoms with Crippen molar-refractivity contribution in [1.82, 2.24) is 9.55 Å². The topological polar surface area (TPSA) is 126 Å². The maximum absolute atomic E-state index is 13.5. The minimum absolute atomic E-state index is 0.173. The fourth-order valence-corrected chi connectivity index (χ4v) is 4.66. The van der Waals surface area contributed by atoms with E-state index in [4.69, 9.17) is 24.9 Å². The number of benzene rings is 1. The molecule has 5 rings (SSSR count). The molecule has 0 saturated heterocycles. The quantitative estimate of drug-likeness (QED) is 0.347. The zero-order valence-corrected chi connectivity index (χ0v) is 19.1. The summed E-state index contributed by atoms with van der Waals surface area (Å²) in [5, 5.41) is 0.874. The molecule has 0 bridgehead atoms. The third-order valence-electron chi connectivity index (χ3n) is 6.22. The van der Waals surface area contributed by atoms with E-state index in [1.54, 1.807) is 23.8 Å². The van der Waals surface area contributed by atoms with Gasteiger partial charge in [-0.05, 0) is 24.3 Å². The number of nitrogen functional groups attached to an aromatic ring is 1. The highest BCUT2D eigenvalue weighted by atomic mass is 16.6. The van der Waals surface area contributed by atoms with E-state index in [0.29, 0.717) is 47.9 Å². The molecule has 0 fully saturated rings. The zero-order chi connectivity index (χ0) is 24.1. The molecule has 4 heterocycles. The van der Waals surface area contributed by atoms with Gasteiger partial charge >= 0.3 is 11.9 Å². The van der Waals surface area contributed by atoms with Crippen molar-refractivity contribution in [3.63, 3.8) is 0 Å². The molecule has 3 aromatic rings. The number of hydrogen-bond donors (Lipinski definition) is 1. The van der Waals surface area contributed by atoms with Crippen molar-refractivity contribution in [2.75, 3.05) is 37.9 Å². The number of esters is 2. The van der Waals surface area contributed by atoms with Crippen molar-refractivity contribution in [1.29, 1.82) is 0 Å². The second-order valence-corrected chi connectivity index (χ2v) is 8.43. The van der Waals surface area contributed by atoms with Crippen molar-refractivity contribution >= 4 is 34.2 Å². The van der Waals surface area contributed by atoms with Gasteiger partial charge in [0.2, 0.25) is 6.10 Å². The first kappa shape index (κ1) is 21.9. The molecule has 1 aromatic carbocycles. The average Bonchev–Trinajstić information content (AvgIpc) is 3.16. The van der Waals surface area contributed by atoms with Crippen LogP contribution >= 0.6 is 0 Å².